The average molecular weight is 269 g/mol. The normalized spacial score (nSPS) is 23.6. The van der Waals surface area contributed by atoms with E-state index in [9.17, 15) is 5.11 Å². The number of fused-ring (bicyclic) bond motifs is 1. The molecule has 2 heteroatoms. The molecule has 1 unspecified atom stereocenters. The first-order valence-corrected chi connectivity index (χ1v) is 7.66. The highest BCUT2D eigenvalue weighted by molar-refractivity contribution is 5.86. The third kappa shape index (κ3) is 2.46. The highest BCUT2D eigenvalue weighted by Gasteiger charge is 2.33. The maximum absolute atomic E-state index is 9.58. The Bertz CT molecular complexity index is 565. The van der Waals surface area contributed by atoms with E-state index in [4.69, 9.17) is 0 Å². The molecular formula is C18H23NO. The Hall–Kier alpha value is -1.38. The fraction of sp³-hybridized carbons (Fsp3) is 0.444. The molecule has 106 valence electrons. The minimum atomic E-state index is 0.0755. The van der Waals surface area contributed by atoms with Gasteiger partial charge in [0, 0.05) is 18.6 Å². The maximum atomic E-state index is 9.58. The van der Waals surface area contributed by atoms with Crippen molar-refractivity contribution in [3.63, 3.8) is 0 Å². The van der Waals surface area contributed by atoms with Gasteiger partial charge in [-0.2, -0.15) is 0 Å². The Kier molecular flexibility index (Phi) is 4.04. The van der Waals surface area contributed by atoms with Gasteiger partial charge in [0.2, 0.25) is 0 Å². The monoisotopic (exact) mass is 269 g/mol. The Morgan fingerprint density at radius 1 is 1.05 bits per heavy atom. The van der Waals surface area contributed by atoms with Crippen LogP contribution in [0.2, 0.25) is 0 Å². The molecule has 1 heterocycles. The lowest BCUT2D eigenvalue weighted by Gasteiger charge is -2.34. The third-order valence-corrected chi connectivity index (χ3v) is 4.67. The smallest absolute Gasteiger partial charge is 0.0440 e. The summed E-state index contributed by atoms with van der Waals surface area (Å²) in [6.07, 6.45) is 4.47. The van der Waals surface area contributed by atoms with Gasteiger partial charge in [0.05, 0.1) is 0 Å². The summed E-state index contributed by atoms with van der Waals surface area (Å²) in [6, 6.07) is 15.2. The molecule has 2 aromatic carbocycles. The van der Waals surface area contributed by atoms with Crippen molar-refractivity contribution in [1.82, 2.24) is 5.32 Å². The minimum Gasteiger partial charge on any atom is -0.396 e. The largest absolute Gasteiger partial charge is 0.396 e. The predicted molar refractivity (Wildman–Crippen MR) is 84.0 cm³/mol. The number of aliphatic hydroxyl groups excluding tert-OH is 1. The molecule has 1 aliphatic heterocycles. The molecule has 2 aromatic rings. The summed E-state index contributed by atoms with van der Waals surface area (Å²) < 4.78 is 0. The van der Waals surface area contributed by atoms with Gasteiger partial charge in [0.15, 0.2) is 0 Å². The minimum absolute atomic E-state index is 0.0755. The molecule has 0 aliphatic carbocycles. The number of hydrogen-bond acceptors (Lipinski definition) is 2. The van der Waals surface area contributed by atoms with Crippen molar-refractivity contribution in [2.24, 2.45) is 0 Å². The SMILES string of the molecule is OCCC1(c2cccc3ccccc23)CCCCNC1. The zero-order valence-corrected chi connectivity index (χ0v) is 11.9. The summed E-state index contributed by atoms with van der Waals surface area (Å²) in [4.78, 5) is 0. The van der Waals surface area contributed by atoms with Crippen LogP contribution in [-0.2, 0) is 5.41 Å². The molecule has 1 atom stereocenters. The second-order valence-corrected chi connectivity index (χ2v) is 5.91. The molecule has 2 nitrogen and oxygen atoms in total. The van der Waals surface area contributed by atoms with Crippen LogP contribution in [0.25, 0.3) is 10.8 Å². The number of benzene rings is 2. The van der Waals surface area contributed by atoms with E-state index in [-0.39, 0.29) is 12.0 Å². The molecule has 1 saturated heterocycles. The van der Waals surface area contributed by atoms with Crippen LogP contribution in [0.15, 0.2) is 42.5 Å². The van der Waals surface area contributed by atoms with E-state index in [1.807, 2.05) is 0 Å². The summed E-state index contributed by atoms with van der Waals surface area (Å²) >= 11 is 0. The summed E-state index contributed by atoms with van der Waals surface area (Å²) in [5.74, 6) is 0. The Morgan fingerprint density at radius 3 is 2.80 bits per heavy atom. The second-order valence-electron chi connectivity index (χ2n) is 5.91. The van der Waals surface area contributed by atoms with Crippen LogP contribution >= 0.6 is 0 Å². The topological polar surface area (TPSA) is 32.3 Å². The average Bonchev–Trinajstić information content (AvgIpc) is 2.73. The molecular weight excluding hydrogens is 246 g/mol. The van der Waals surface area contributed by atoms with Crippen molar-refractivity contribution in [3.05, 3.63) is 48.0 Å². The van der Waals surface area contributed by atoms with Crippen molar-refractivity contribution >= 4 is 10.8 Å². The molecule has 0 radical (unpaired) electrons. The van der Waals surface area contributed by atoms with Crippen LogP contribution < -0.4 is 5.32 Å². The van der Waals surface area contributed by atoms with Crippen molar-refractivity contribution in [2.45, 2.75) is 31.1 Å². The summed E-state index contributed by atoms with van der Waals surface area (Å²) in [5, 5.41) is 15.8. The van der Waals surface area contributed by atoms with Crippen LogP contribution in [0.3, 0.4) is 0 Å². The van der Waals surface area contributed by atoms with Crippen molar-refractivity contribution in [1.29, 1.82) is 0 Å². The lowest BCUT2D eigenvalue weighted by molar-refractivity contribution is 0.229. The lowest BCUT2D eigenvalue weighted by Crippen LogP contribution is -2.37. The van der Waals surface area contributed by atoms with Gasteiger partial charge in [0.25, 0.3) is 0 Å². The van der Waals surface area contributed by atoms with E-state index in [0.717, 1.165) is 25.9 Å². The quantitative estimate of drug-likeness (QED) is 0.896. The van der Waals surface area contributed by atoms with E-state index in [0.29, 0.717) is 0 Å². The number of nitrogens with one attached hydrogen (secondary N) is 1. The molecule has 0 saturated carbocycles. The molecule has 0 aromatic heterocycles. The van der Waals surface area contributed by atoms with Crippen molar-refractivity contribution < 1.29 is 5.11 Å². The number of aliphatic hydroxyl groups is 1. The zero-order chi connectivity index (χ0) is 13.8. The van der Waals surface area contributed by atoms with Crippen LogP contribution in [0.1, 0.15) is 31.2 Å². The van der Waals surface area contributed by atoms with E-state index in [2.05, 4.69) is 47.8 Å². The van der Waals surface area contributed by atoms with Gasteiger partial charge in [-0.1, -0.05) is 48.9 Å². The van der Waals surface area contributed by atoms with Gasteiger partial charge in [-0.15, -0.1) is 0 Å². The van der Waals surface area contributed by atoms with E-state index in [1.165, 1.54) is 29.2 Å². The Morgan fingerprint density at radius 2 is 1.90 bits per heavy atom. The zero-order valence-electron chi connectivity index (χ0n) is 11.9. The summed E-state index contributed by atoms with van der Waals surface area (Å²) in [6.45, 7) is 2.32. The molecule has 0 spiro atoms. The first kappa shape index (κ1) is 13.6. The van der Waals surface area contributed by atoms with Gasteiger partial charge in [-0.3, -0.25) is 0 Å². The highest BCUT2D eigenvalue weighted by atomic mass is 16.3. The van der Waals surface area contributed by atoms with Gasteiger partial charge in [-0.25, -0.2) is 0 Å². The van der Waals surface area contributed by atoms with Gasteiger partial charge < -0.3 is 10.4 Å². The fourth-order valence-electron chi connectivity index (χ4n) is 3.61. The summed E-state index contributed by atoms with van der Waals surface area (Å²) in [7, 11) is 0. The first-order chi connectivity index (χ1) is 9.86. The lowest BCUT2D eigenvalue weighted by atomic mass is 9.72. The second kappa shape index (κ2) is 5.94. The predicted octanol–water partition coefficient (Wildman–Crippen LogP) is 3.23. The molecule has 1 aliphatic rings. The van der Waals surface area contributed by atoms with Crippen LogP contribution in [0.5, 0.6) is 0 Å². The van der Waals surface area contributed by atoms with Crippen LogP contribution in [0.4, 0.5) is 0 Å². The van der Waals surface area contributed by atoms with Gasteiger partial charge in [-0.05, 0) is 42.1 Å². The van der Waals surface area contributed by atoms with Gasteiger partial charge >= 0.3 is 0 Å². The van der Waals surface area contributed by atoms with E-state index >= 15 is 0 Å². The van der Waals surface area contributed by atoms with Gasteiger partial charge in [0.1, 0.15) is 0 Å². The molecule has 1 fully saturated rings. The first-order valence-electron chi connectivity index (χ1n) is 7.66. The Labute approximate surface area is 120 Å². The Balaban J connectivity index is 2.13. The standard InChI is InChI=1S/C18H23NO/c20-13-11-18(10-3-4-12-19-14-18)17-9-5-7-15-6-1-2-8-16(15)17/h1-2,5-9,19-20H,3-4,10-14H2. The van der Waals surface area contributed by atoms with Crippen molar-refractivity contribution in [2.75, 3.05) is 19.7 Å². The molecule has 0 amide bonds. The maximum Gasteiger partial charge on any atom is 0.0440 e. The fourth-order valence-corrected chi connectivity index (χ4v) is 3.61. The molecule has 2 N–H and O–H groups in total. The van der Waals surface area contributed by atoms with Crippen molar-refractivity contribution in [3.8, 4) is 0 Å². The molecule has 0 bridgehead atoms. The molecule has 3 rings (SSSR count). The van der Waals surface area contributed by atoms with Crippen LogP contribution in [0, 0.1) is 0 Å². The van der Waals surface area contributed by atoms with E-state index in [1.54, 1.807) is 0 Å². The van der Waals surface area contributed by atoms with E-state index < -0.39 is 0 Å². The molecule has 20 heavy (non-hydrogen) atoms. The third-order valence-electron chi connectivity index (χ3n) is 4.67. The number of rotatable bonds is 3. The summed E-state index contributed by atoms with van der Waals surface area (Å²) in [5.41, 5.74) is 1.48. The van der Waals surface area contributed by atoms with Crippen LogP contribution in [-0.4, -0.2) is 24.8 Å². The highest BCUT2D eigenvalue weighted by Crippen LogP contribution is 2.38. The number of hydrogen-bond donors (Lipinski definition) is 2.